The van der Waals surface area contributed by atoms with Crippen LogP contribution in [0.4, 0.5) is 11.4 Å². The monoisotopic (exact) mass is 473 g/mol. The van der Waals surface area contributed by atoms with Gasteiger partial charge in [-0.2, -0.15) is 0 Å². The third-order valence-electron chi connectivity index (χ3n) is 5.50. The zero-order valence-electron chi connectivity index (χ0n) is 19.2. The lowest BCUT2D eigenvalue weighted by molar-refractivity contribution is -0.114. The SMILES string of the molecule is CC(C)c1ccc(N(CC(=O)Nc2ccccc2C(=O)NCC2CCCO2)S(C)(=O)=O)cc1. The molecule has 1 saturated heterocycles. The molecular formula is C24H31N3O5S. The maximum atomic E-state index is 12.8. The van der Waals surface area contributed by atoms with E-state index in [-0.39, 0.29) is 12.0 Å². The molecule has 33 heavy (non-hydrogen) atoms. The molecule has 1 aliphatic heterocycles. The van der Waals surface area contributed by atoms with Crippen molar-refractivity contribution in [2.24, 2.45) is 0 Å². The molecule has 2 N–H and O–H groups in total. The fourth-order valence-electron chi connectivity index (χ4n) is 3.64. The molecule has 1 heterocycles. The summed E-state index contributed by atoms with van der Waals surface area (Å²) in [6, 6.07) is 13.7. The molecular weight excluding hydrogens is 442 g/mol. The van der Waals surface area contributed by atoms with E-state index in [4.69, 9.17) is 4.74 Å². The Labute approximate surface area is 195 Å². The van der Waals surface area contributed by atoms with Gasteiger partial charge in [0, 0.05) is 13.2 Å². The Kier molecular flexibility index (Phi) is 8.10. The smallest absolute Gasteiger partial charge is 0.253 e. The summed E-state index contributed by atoms with van der Waals surface area (Å²) >= 11 is 0. The summed E-state index contributed by atoms with van der Waals surface area (Å²) in [4.78, 5) is 25.5. The van der Waals surface area contributed by atoms with E-state index in [1.165, 1.54) is 0 Å². The third kappa shape index (κ3) is 6.79. The molecule has 0 saturated carbocycles. The van der Waals surface area contributed by atoms with E-state index in [1.807, 2.05) is 26.0 Å². The summed E-state index contributed by atoms with van der Waals surface area (Å²) < 4.78 is 31.4. The number of nitrogens with zero attached hydrogens (tertiary/aromatic N) is 1. The van der Waals surface area contributed by atoms with Gasteiger partial charge < -0.3 is 15.4 Å². The van der Waals surface area contributed by atoms with E-state index in [2.05, 4.69) is 10.6 Å². The van der Waals surface area contributed by atoms with Crippen molar-refractivity contribution in [2.45, 2.75) is 38.7 Å². The molecule has 3 rings (SSSR count). The van der Waals surface area contributed by atoms with Gasteiger partial charge in [0.2, 0.25) is 15.9 Å². The van der Waals surface area contributed by atoms with Crippen LogP contribution in [-0.2, 0) is 19.6 Å². The molecule has 178 valence electrons. The summed E-state index contributed by atoms with van der Waals surface area (Å²) in [6.07, 6.45) is 2.94. The van der Waals surface area contributed by atoms with Gasteiger partial charge in [-0.1, -0.05) is 38.1 Å². The van der Waals surface area contributed by atoms with Crippen LogP contribution in [0.15, 0.2) is 48.5 Å². The normalized spacial score (nSPS) is 15.9. The van der Waals surface area contributed by atoms with E-state index in [1.54, 1.807) is 36.4 Å². The zero-order valence-corrected chi connectivity index (χ0v) is 20.0. The predicted molar refractivity (Wildman–Crippen MR) is 129 cm³/mol. The molecule has 1 aliphatic rings. The van der Waals surface area contributed by atoms with Crippen LogP contribution in [0, 0.1) is 0 Å². The number of carbonyl (C=O) groups is 2. The summed E-state index contributed by atoms with van der Waals surface area (Å²) in [5.41, 5.74) is 2.09. The second kappa shape index (κ2) is 10.8. The lowest BCUT2D eigenvalue weighted by atomic mass is 10.0. The van der Waals surface area contributed by atoms with Crippen molar-refractivity contribution in [3.05, 3.63) is 59.7 Å². The first-order valence-electron chi connectivity index (χ1n) is 11.0. The molecule has 2 aromatic carbocycles. The predicted octanol–water partition coefficient (Wildman–Crippen LogP) is 3.12. The van der Waals surface area contributed by atoms with Gasteiger partial charge in [-0.05, 0) is 48.6 Å². The molecule has 1 atom stereocenters. The van der Waals surface area contributed by atoms with Crippen LogP contribution in [0.2, 0.25) is 0 Å². The first-order chi connectivity index (χ1) is 15.6. The number of anilines is 2. The van der Waals surface area contributed by atoms with E-state index in [9.17, 15) is 18.0 Å². The van der Waals surface area contributed by atoms with Crippen molar-refractivity contribution >= 4 is 33.2 Å². The topological polar surface area (TPSA) is 105 Å². The van der Waals surface area contributed by atoms with Crippen LogP contribution in [0.25, 0.3) is 0 Å². The van der Waals surface area contributed by atoms with Crippen LogP contribution in [0.5, 0.6) is 0 Å². The quantitative estimate of drug-likeness (QED) is 0.582. The number of carbonyl (C=O) groups excluding carboxylic acids is 2. The van der Waals surface area contributed by atoms with Crippen LogP contribution < -0.4 is 14.9 Å². The average Bonchev–Trinajstić information content (AvgIpc) is 3.29. The largest absolute Gasteiger partial charge is 0.376 e. The number of benzene rings is 2. The Bertz CT molecular complexity index is 1080. The lowest BCUT2D eigenvalue weighted by Crippen LogP contribution is -2.38. The van der Waals surface area contributed by atoms with Gasteiger partial charge in [-0.3, -0.25) is 13.9 Å². The van der Waals surface area contributed by atoms with E-state index < -0.39 is 22.5 Å². The molecule has 2 amide bonds. The molecule has 2 aromatic rings. The molecule has 0 bridgehead atoms. The van der Waals surface area contributed by atoms with Crippen molar-refractivity contribution in [3.63, 3.8) is 0 Å². The van der Waals surface area contributed by atoms with Crippen LogP contribution in [0.1, 0.15) is 48.5 Å². The van der Waals surface area contributed by atoms with Crippen LogP contribution in [-0.4, -0.2) is 52.3 Å². The van der Waals surface area contributed by atoms with E-state index in [0.717, 1.165) is 29.0 Å². The molecule has 9 heteroatoms. The van der Waals surface area contributed by atoms with Gasteiger partial charge in [0.25, 0.3) is 5.91 Å². The minimum atomic E-state index is -3.70. The minimum Gasteiger partial charge on any atom is -0.376 e. The summed E-state index contributed by atoms with van der Waals surface area (Å²) in [5.74, 6) is -0.574. The number of sulfonamides is 1. The summed E-state index contributed by atoms with van der Waals surface area (Å²) in [6.45, 7) is 4.78. The van der Waals surface area contributed by atoms with Gasteiger partial charge in [0.15, 0.2) is 0 Å². The zero-order chi connectivity index (χ0) is 24.0. The van der Waals surface area contributed by atoms with Crippen molar-refractivity contribution < 1.29 is 22.7 Å². The van der Waals surface area contributed by atoms with Crippen molar-refractivity contribution in [1.29, 1.82) is 0 Å². The van der Waals surface area contributed by atoms with Gasteiger partial charge in [0.05, 0.1) is 29.3 Å². The van der Waals surface area contributed by atoms with Gasteiger partial charge in [0.1, 0.15) is 6.54 Å². The van der Waals surface area contributed by atoms with E-state index >= 15 is 0 Å². The Morgan fingerprint density at radius 3 is 2.42 bits per heavy atom. The second-order valence-corrected chi connectivity index (χ2v) is 10.4. The molecule has 0 aliphatic carbocycles. The van der Waals surface area contributed by atoms with Gasteiger partial charge in [-0.15, -0.1) is 0 Å². The fraction of sp³-hybridized carbons (Fsp3) is 0.417. The highest BCUT2D eigenvalue weighted by molar-refractivity contribution is 7.92. The molecule has 8 nitrogen and oxygen atoms in total. The van der Waals surface area contributed by atoms with Crippen molar-refractivity contribution in [1.82, 2.24) is 5.32 Å². The number of rotatable bonds is 9. The van der Waals surface area contributed by atoms with Gasteiger partial charge >= 0.3 is 0 Å². The maximum Gasteiger partial charge on any atom is 0.253 e. The number of hydrogen-bond donors (Lipinski definition) is 2. The molecule has 0 aromatic heterocycles. The highest BCUT2D eigenvalue weighted by Gasteiger charge is 2.23. The number of ether oxygens (including phenoxy) is 1. The Hall–Kier alpha value is -2.91. The molecule has 0 spiro atoms. The lowest BCUT2D eigenvalue weighted by Gasteiger charge is -2.23. The summed E-state index contributed by atoms with van der Waals surface area (Å²) in [5, 5.41) is 5.52. The van der Waals surface area contributed by atoms with Gasteiger partial charge in [-0.25, -0.2) is 8.42 Å². The number of nitrogens with one attached hydrogen (secondary N) is 2. The third-order valence-corrected chi connectivity index (χ3v) is 6.64. The summed E-state index contributed by atoms with van der Waals surface area (Å²) in [7, 11) is -3.70. The highest BCUT2D eigenvalue weighted by atomic mass is 32.2. The average molecular weight is 474 g/mol. The first kappa shape index (κ1) is 24.7. The molecule has 0 radical (unpaired) electrons. The Balaban J connectivity index is 1.71. The number of amides is 2. The second-order valence-electron chi connectivity index (χ2n) is 8.45. The standard InChI is InChI=1S/C24H31N3O5S/c1-17(2)18-10-12-19(13-11-18)27(33(3,30)31)16-23(28)26-22-9-5-4-8-21(22)24(29)25-15-20-7-6-14-32-20/h4-5,8-13,17,20H,6-7,14-16H2,1-3H3,(H,25,29)(H,26,28). The minimum absolute atomic E-state index is 0.00102. The molecule has 1 unspecified atom stereocenters. The Morgan fingerprint density at radius 1 is 1.12 bits per heavy atom. The molecule has 1 fully saturated rings. The maximum absolute atomic E-state index is 12.8. The fourth-order valence-corrected chi connectivity index (χ4v) is 4.50. The van der Waals surface area contributed by atoms with E-state index in [0.29, 0.717) is 36.0 Å². The number of para-hydroxylation sites is 1. The van der Waals surface area contributed by atoms with Crippen LogP contribution in [0.3, 0.4) is 0 Å². The Morgan fingerprint density at radius 2 is 1.82 bits per heavy atom. The number of hydrogen-bond acceptors (Lipinski definition) is 5. The van der Waals surface area contributed by atoms with Crippen molar-refractivity contribution in [3.8, 4) is 0 Å². The van der Waals surface area contributed by atoms with Crippen molar-refractivity contribution in [2.75, 3.05) is 35.6 Å². The first-order valence-corrected chi connectivity index (χ1v) is 12.9. The van der Waals surface area contributed by atoms with Crippen LogP contribution >= 0.6 is 0 Å². The highest BCUT2D eigenvalue weighted by Crippen LogP contribution is 2.22.